The van der Waals surface area contributed by atoms with Crippen LogP contribution in [-0.4, -0.2) is 48.1 Å². The molecule has 23 heavy (non-hydrogen) atoms. The molecule has 1 aromatic rings. The molecule has 1 unspecified atom stereocenters. The average molecular weight is 430 g/mol. The number of aliphatic imine (C=N–C) groups is 1. The fraction of sp³-hybridized carbons (Fsp3) is 0.647. The van der Waals surface area contributed by atoms with Gasteiger partial charge in [-0.1, -0.05) is 12.5 Å². The van der Waals surface area contributed by atoms with Crippen molar-refractivity contribution in [1.82, 2.24) is 15.2 Å². The molecule has 1 saturated carbocycles. The first-order valence-electron chi connectivity index (χ1n) is 8.46. The quantitative estimate of drug-likeness (QED) is 0.444. The molecule has 128 valence electrons. The lowest BCUT2D eigenvalue weighted by Gasteiger charge is -2.26. The second-order valence-electron chi connectivity index (χ2n) is 6.13. The average Bonchev–Trinajstić information content (AvgIpc) is 2.94. The summed E-state index contributed by atoms with van der Waals surface area (Å²) < 4.78 is 5.96. The van der Waals surface area contributed by atoms with Crippen LogP contribution < -0.4 is 10.1 Å². The number of aromatic nitrogens is 1. The number of nitrogens with zero attached hydrogens (tertiary/aromatic N) is 3. The Labute approximate surface area is 155 Å². The number of nitrogens with one attached hydrogen (secondary N) is 1. The number of pyridine rings is 1. The van der Waals surface area contributed by atoms with Gasteiger partial charge >= 0.3 is 0 Å². The number of hydrogen-bond acceptors (Lipinski definition) is 3. The zero-order chi connectivity index (χ0) is 15.2. The molecule has 2 heterocycles. The maximum absolute atomic E-state index is 5.96. The number of guanidine groups is 1. The third-order valence-corrected chi connectivity index (χ3v) is 4.43. The van der Waals surface area contributed by atoms with Crippen LogP contribution in [0.1, 0.15) is 32.6 Å². The van der Waals surface area contributed by atoms with E-state index >= 15 is 0 Å². The Balaban J connectivity index is 0.00000192. The van der Waals surface area contributed by atoms with Crippen molar-refractivity contribution in [1.29, 1.82) is 0 Å². The van der Waals surface area contributed by atoms with Gasteiger partial charge in [-0.15, -0.1) is 24.0 Å². The first-order chi connectivity index (χ1) is 10.8. The molecule has 1 aliphatic carbocycles. The van der Waals surface area contributed by atoms with Crippen molar-refractivity contribution >= 4 is 29.9 Å². The van der Waals surface area contributed by atoms with Gasteiger partial charge in [0.05, 0.1) is 6.54 Å². The lowest BCUT2D eigenvalue weighted by atomic mass is 9.86. The Morgan fingerprint density at radius 3 is 2.91 bits per heavy atom. The van der Waals surface area contributed by atoms with Crippen molar-refractivity contribution in [2.24, 2.45) is 10.9 Å². The summed E-state index contributed by atoms with van der Waals surface area (Å²) in [6, 6.07) is 5.78. The Hall–Kier alpha value is -1.05. The number of hydrogen-bond donors (Lipinski definition) is 1. The summed E-state index contributed by atoms with van der Waals surface area (Å²) in [5.74, 6) is 2.56. The number of ether oxygens (including phenoxy) is 1. The molecule has 0 aromatic carbocycles. The standard InChI is InChI=1S/C17H26N4O.HI/c1-2-18-17(20-12-14-6-5-7-14)21-11-9-15(13-21)22-16-8-3-4-10-19-16;/h3-4,8,10,14-15H,2,5-7,9,11-13H2,1H3,(H,18,20);1H. The SMILES string of the molecule is CCNC(=NCC1CCC1)N1CCC(Oc2ccccn2)C1.I. The van der Waals surface area contributed by atoms with Crippen LogP contribution in [0.3, 0.4) is 0 Å². The van der Waals surface area contributed by atoms with Gasteiger partial charge in [0.2, 0.25) is 5.88 Å². The van der Waals surface area contributed by atoms with Crippen LogP contribution in [0.25, 0.3) is 0 Å². The highest BCUT2D eigenvalue weighted by Crippen LogP contribution is 2.26. The van der Waals surface area contributed by atoms with Gasteiger partial charge in [-0.2, -0.15) is 0 Å². The van der Waals surface area contributed by atoms with Crippen LogP contribution in [0.15, 0.2) is 29.4 Å². The molecular formula is C17H27IN4O. The molecule has 1 atom stereocenters. The van der Waals surface area contributed by atoms with E-state index in [0.717, 1.165) is 44.5 Å². The Morgan fingerprint density at radius 2 is 2.26 bits per heavy atom. The number of rotatable bonds is 5. The third-order valence-electron chi connectivity index (χ3n) is 4.43. The van der Waals surface area contributed by atoms with Crippen LogP contribution in [0.4, 0.5) is 0 Å². The molecule has 0 spiro atoms. The van der Waals surface area contributed by atoms with Crippen molar-refractivity contribution in [3.05, 3.63) is 24.4 Å². The predicted octanol–water partition coefficient (Wildman–Crippen LogP) is 2.92. The topological polar surface area (TPSA) is 49.8 Å². The highest BCUT2D eigenvalue weighted by Gasteiger charge is 2.27. The minimum absolute atomic E-state index is 0. The minimum Gasteiger partial charge on any atom is -0.472 e. The van der Waals surface area contributed by atoms with E-state index in [-0.39, 0.29) is 30.1 Å². The third kappa shape index (κ3) is 5.22. The molecule has 5 nitrogen and oxygen atoms in total. The predicted molar refractivity (Wildman–Crippen MR) is 104 cm³/mol. The van der Waals surface area contributed by atoms with E-state index in [1.807, 2.05) is 18.2 Å². The molecule has 3 rings (SSSR count). The largest absolute Gasteiger partial charge is 0.472 e. The zero-order valence-electron chi connectivity index (χ0n) is 13.8. The van der Waals surface area contributed by atoms with E-state index in [2.05, 4.69) is 22.1 Å². The molecule has 6 heteroatoms. The zero-order valence-corrected chi connectivity index (χ0v) is 16.1. The normalized spacial score (nSPS) is 21.5. The summed E-state index contributed by atoms with van der Waals surface area (Å²) in [6.07, 6.45) is 7.04. The molecule has 1 N–H and O–H groups in total. The molecule has 2 fully saturated rings. The molecule has 0 radical (unpaired) electrons. The van der Waals surface area contributed by atoms with Crippen LogP contribution in [0.5, 0.6) is 5.88 Å². The lowest BCUT2D eigenvalue weighted by Crippen LogP contribution is -2.41. The van der Waals surface area contributed by atoms with E-state index in [4.69, 9.17) is 9.73 Å². The smallest absolute Gasteiger partial charge is 0.213 e. The van der Waals surface area contributed by atoms with E-state index in [1.54, 1.807) is 6.20 Å². The van der Waals surface area contributed by atoms with Crippen molar-refractivity contribution in [2.45, 2.75) is 38.7 Å². The van der Waals surface area contributed by atoms with E-state index in [0.29, 0.717) is 5.88 Å². The van der Waals surface area contributed by atoms with Crippen LogP contribution in [-0.2, 0) is 0 Å². The first-order valence-corrected chi connectivity index (χ1v) is 8.46. The minimum atomic E-state index is 0. The van der Waals surface area contributed by atoms with E-state index in [9.17, 15) is 0 Å². The van der Waals surface area contributed by atoms with Gasteiger partial charge in [0.15, 0.2) is 5.96 Å². The van der Waals surface area contributed by atoms with Gasteiger partial charge < -0.3 is 15.0 Å². The summed E-state index contributed by atoms with van der Waals surface area (Å²) in [4.78, 5) is 11.4. The molecular weight excluding hydrogens is 403 g/mol. The van der Waals surface area contributed by atoms with Crippen LogP contribution >= 0.6 is 24.0 Å². The Bertz CT molecular complexity index is 493. The van der Waals surface area contributed by atoms with Gasteiger partial charge in [0.25, 0.3) is 0 Å². The first kappa shape index (κ1) is 18.3. The second kappa shape index (κ2) is 9.30. The van der Waals surface area contributed by atoms with E-state index < -0.39 is 0 Å². The molecule has 2 aliphatic rings. The second-order valence-corrected chi connectivity index (χ2v) is 6.13. The molecule has 0 amide bonds. The van der Waals surface area contributed by atoms with Gasteiger partial charge in [0, 0.05) is 38.3 Å². The van der Waals surface area contributed by atoms with Gasteiger partial charge in [-0.3, -0.25) is 4.99 Å². The van der Waals surface area contributed by atoms with E-state index in [1.165, 1.54) is 19.3 Å². The summed E-state index contributed by atoms with van der Waals surface area (Å²) in [7, 11) is 0. The lowest BCUT2D eigenvalue weighted by molar-refractivity contribution is 0.205. The highest BCUT2D eigenvalue weighted by molar-refractivity contribution is 14.0. The van der Waals surface area contributed by atoms with Crippen LogP contribution in [0, 0.1) is 5.92 Å². The summed E-state index contributed by atoms with van der Waals surface area (Å²) >= 11 is 0. The molecule has 1 aliphatic heterocycles. The maximum atomic E-state index is 5.96. The van der Waals surface area contributed by atoms with Crippen molar-refractivity contribution in [3.63, 3.8) is 0 Å². The fourth-order valence-corrected chi connectivity index (χ4v) is 2.92. The monoisotopic (exact) mass is 430 g/mol. The highest BCUT2D eigenvalue weighted by atomic mass is 127. The molecule has 1 aromatic heterocycles. The van der Waals surface area contributed by atoms with Crippen molar-refractivity contribution in [2.75, 3.05) is 26.2 Å². The fourth-order valence-electron chi connectivity index (χ4n) is 2.92. The number of halogens is 1. The summed E-state index contributed by atoms with van der Waals surface area (Å²) in [5.41, 5.74) is 0. The Kier molecular flexibility index (Phi) is 7.39. The van der Waals surface area contributed by atoms with Gasteiger partial charge in [0.1, 0.15) is 6.10 Å². The van der Waals surface area contributed by atoms with Crippen molar-refractivity contribution < 1.29 is 4.74 Å². The Morgan fingerprint density at radius 1 is 1.39 bits per heavy atom. The summed E-state index contributed by atoms with van der Waals surface area (Å²) in [5, 5.41) is 3.42. The van der Waals surface area contributed by atoms with Crippen molar-refractivity contribution in [3.8, 4) is 5.88 Å². The number of likely N-dealkylation sites (tertiary alicyclic amines) is 1. The maximum Gasteiger partial charge on any atom is 0.213 e. The van der Waals surface area contributed by atoms with Gasteiger partial charge in [-0.05, 0) is 31.7 Å². The van der Waals surface area contributed by atoms with Crippen LogP contribution in [0.2, 0.25) is 0 Å². The molecule has 0 bridgehead atoms. The summed E-state index contributed by atoms with van der Waals surface area (Å²) in [6.45, 7) is 5.87. The molecule has 1 saturated heterocycles. The van der Waals surface area contributed by atoms with Gasteiger partial charge in [-0.25, -0.2) is 4.98 Å².